The number of benzene rings is 11. The van der Waals surface area contributed by atoms with Crippen LogP contribution in [0.15, 0.2) is 273 Å². The summed E-state index contributed by atoms with van der Waals surface area (Å²) < 4.78 is 7.47. The summed E-state index contributed by atoms with van der Waals surface area (Å²) in [5.41, 5.74) is 12.9. The first-order valence-electron chi connectivity index (χ1n) is 24.2. The molecule has 0 saturated heterocycles. The van der Waals surface area contributed by atoms with E-state index < -0.39 is 8.07 Å². The number of nitrogens with zero attached hydrogens (tertiary/aromatic N) is 3. The molecule has 0 unspecified atom stereocenters. The predicted molar refractivity (Wildman–Crippen MR) is 299 cm³/mol. The van der Waals surface area contributed by atoms with Crippen LogP contribution in [0.2, 0.25) is 0 Å². The quantitative estimate of drug-likeness (QED) is 0.107. The minimum atomic E-state index is -2.83. The number of hydrogen-bond acceptors (Lipinski definition) is 0. The molecule has 14 aromatic rings. The van der Waals surface area contributed by atoms with Gasteiger partial charge in [-0.3, -0.25) is 0 Å². The summed E-state index contributed by atoms with van der Waals surface area (Å²) in [5, 5.41) is 12.8. The fraction of sp³-hybridized carbons (Fsp3) is 0. The maximum atomic E-state index is 2.53. The second-order valence-corrected chi connectivity index (χ2v) is 22.2. The fourth-order valence-corrected chi connectivity index (χ4v) is 16.7. The van der Waals surface area contributed by atoms with E-state index in [1.165, 1.54) is 97.3 Å². The summed E-state index contributed by atoms with van der Waals surface area (Å²) in [6.45, 7) is 0. The highest BCUT2D eigenvalue weighted by Gasteiger charge is 2.41. The Balaban J connectivity index is 1.04. The topological polar surface area (TPSA) is 14.8 Å². The Morgan fingerprint density at radius 2 is 0.714 bits per heavy atom. The fourth-order valence-electron chi connectivity index (χ4n) is 11.9. The zero-order valence-electron chi connectivity index (χ0n) is 38.3. The van der Waals surface area contributed by atoms with E-state index in [2.05, 4.69) is 287 Å². The Hall–Kier alpha value is -8.96. The summed E-state index contributed by atoms with van der Waals surface area (Å²) >= 11 is 0. The zero-order valence-corrected chi connectivity index (χ0v) is 39.3. The van der Waals surface area contributed by atoms with Gasteiger partial charge in [0.05, 0.1) is 38.8 Å². The highest BCUT2D eigenvalue weighted by atomic mass is 28.3. The molecule has 0 aliphatic rings. The Morgan fingerprint density at radius 1 is 0.257 bits per heavy atom. The molecular formula is C66H45N3Si. The van der Waals surface area contributed by atoms with Gasteiger partial charge in [0, 0.05) is 43.7 Å². The molecule has 0 fully saturated rings. The van der Waals surface area contributed by atoms with Gasteiger partial charge in [-0.25, -0.2) is 0 Å². The van der Waals surface area contributed by atoms with Crippen molar-refractivity contribution >= 4 is 94.2 Å². The van der Waals surface area contributed by atoms with Gasteiger partial charge in [-0.15, -0.1) is 0 Å². The molecule has 14 rings (SSSR count). The third-order valence-electron chi connectivity index (χ3n) is 14.8. The van der Waals surface area contributed by atoms with Crippen molar-refractivity contribution in [3.63, 3.8) is 0 Å². The molecule has 0 N–H and O–H groups in total. The highest BCUT2D eigenvalue weighted by Crippen LogP contribution is 2.43. The molecule has 3 aromatic heterocycles. The molecule has 0 atom stereocenters. The molecule has 4 heteroatoms. The summed E-state index contributed by atoms with van der Waals surface area (Å²) in [6, 6.07) is 101. The average molecular weight is 908 g/mol. The summed E-state index contributed by atoms with van der Waals surface area (Å²) in [7, 11) is -2.83. The normalized spacial score (nSPS) is 12.0. The van der Waals surface area contributed by atoms with E-state index >= 15 is 0 Å². The van der Waals surface area contributed by atoms with E-state index in [1.807, 2.05) is 0 Å². The Bertz CT molecular complexity index is 4180. The van der Waals surface area contributed by atoms with Crippen molar-refractivity contribution in [3.8, 4) is 28.2 Å². The van der Waals surface area contributed by atoms with Crippen LogP contribution in [0.4, 0.5) is 0 Å². The van der Waals surface area contributed by atoms with E-state index in [1.54, 1.807) is 0 Å². The first-order valence-corrected chi connectivity index (χ1v) is 26.2. The third kappa shape index (κ3) is 5.94. The predicted octanol–water partition coefficient (Wildman–Crippen LogP) is 14.0. The minimum Gasteiger partial charge on any atom is -0.309 e. The maximum Gasteiger partial charge on any atom is 0.179 e. The van der Waals surface area contributed by atoms with Crippen LogP contribution >= 0.6 is 0 Å². The van der Waals surface area contributed by atoms with Gasteiger partial charge in [-0.2, -0.15) is 0 Å². The van der Waals surface area contributed by atoms with E-state index in [9.17, 15) is 0 Å². The zero-order chi connectivity index (χ0) is 46.2. The molecule has 11 aromatic carbocycles. The van der Waals surface area contributed by atoms with Crippen LogP contribution in [0.1, 0.15) is 0 Å². The first-order chi connectivity index (χ1) is 34.8. The molecule has 0 saturated carbocycles. The van der Waals surface area contributed by atoms with Gasteiger partial charge in [0.15, 0.2) is 8.07 Å². The minimum absolute atomic E-state index is 1.14. The van der Waals surface area contributed by atoms with Gasteiger partial charge in [-0.1, -0.05) is 212 Å². The van der Waals surface area contributed by atoms with E-state index in [0.717, 1.165) is 17.1 Å². The number of para-hydroxylation sites is 5. The first kappa shape index (κ1) is 40.1. The van der Waals surface area contributed by atoms with Gasteiger partial charge >= 0.3 is 0 Å². The van der Waals surface area contributed by atoms with Crippen LogP contribution in [0, 0.1) is 0 Å². The molecule has 0 aliphatic heterocycles. The molecule has 70 heavy (non-hydrogen) atoms. The molecule has 0 bridgehead atoms. The van der Waals surface area contributed by atoms with E-state index in [0.29, 0.717) is 0 Å². The van der Waals surface area contributed by atoms with Gasteiger partial charge in [-0.05, 0) is 92.5 Å². The molecule has 0 radical (unpaired) electrons. The molecule has 0 amide bonds. The van der Waals surface area contributed by atoms with Crippen molar-refractivity contribution in [3.05, 3.63) is 273 Å². The Morgan fingerprint density at radius 3 is 1.37 bits per heavy atom. The van der Waals surface area contributed by atoms with Crippen LogP contribution in [-0.4, -0.2) is 21.8 Å². The van der Waals surface area contributed by atoms with E-state index in [-0.39, 0.29) is 0 Å². The number of hydrogen-bond donors (Lipinski definition) is 0. The van der Waals surface area contributed by atoms with Gasteiger partial charge in [0.2, 0.25) is 0 Å². The SMILES string of the molecule is c1ccc(-n2c3ccccc3c3c(-c4ccc5c6ccccc6n(-c6cccc7c8ccccc8n(-c8cccc([Si](c9ccccc9)(c9ccccc9)c9ccccc9)c8)c67)c5c4)cccc32)cc1. The van der Waals surface area contributed by atoms with Crippen LogP contribution in [-0.2, 0) is 0 Å². The molecule has 3 heterocycles. The van der Waals surface area contributed by atoms with Crippen LogP contribution in [0.3, 0.4) is 0 Å². The lowest BCUT2D eigenvalue weighted by Crippen LogP contribution is -2.74. The third-order valence-corrected chi connectivity index (χ3v) is 19.5. The molecule has 0 aliphatic carbocycles. The van der Waals surface area contributed by atoms with Crippen LogP contribution < -0.4 is 20.7 Å². The second-order valence-electron chi connectivity index (χ2n) is 18.4. The maximum absolute atomic E-state index is 2.83. The smallest absolute Gasteiger partial charge is 0.179 e. The largest absolute Gasteiger partial charge is 0.309 e. The van der Waals surface area contributed by atoms with Gasteiger partial charge in [0.1, 0.15) is 0 Å². The van der Waals surface area contributed by atoms with Crippen LogP contribution in [0.5, 0.6) is 0 Å². The molecule has 328 valence electrons. The highest BCUT2D eigenvalue weighted by molar-refractivity contribution is 7.19. The number of aromatic nitrogens is 3. The second kappa shape index (κ2) is 16.1. The lowest BCUT2D eigenvalue weighted by atomic mass is 9.98. The van der Waals surface area contributed by atoms with Gasteiger partial charge in [0.25, 0.3) is 0 Å². The Kier molecular flexibility index (Phi) is 9.23. The number of fused-ring (bicyclic) bond motifs is 9. The van der Waals surface area contributed by atoms with Crippen molar-refractivity contribution in [2.45, 2.75) is 0 Å². The number of rotatable bonds is 8. The molecule has 0 spiro atoms. The van der Waals surface area contributed by atoms with Crippen LogP contribution in [0.25, 0.3) is 93.6 Å². The van der Waals surface area contributed by atoms with Crippen molar-refractivity contribution in [1.29, 1.82) is 0 Å². The van der Waals surface area contributed by atoms with Gasteiger partial charge < -0.3 is 13.7 Å². The Labute approximate surface area is 407 Å². The van der Waals surface area contributed by atoms with E-state index in [4.69, 9.17) is 0 Å². The average Bonchev–Trinajstić information content (AvgIpc) is 4.08. The lowest BCUT2D eigenvalue weighted by Gasteiger charge is -2.34. The summed E-state index contributed by atoms with van der Waals surface area (Å²) in [5.74, 6) is 0. The van der Waals surface area contributed by atoms with Crippen molar-refractivity contribution in [1.82, 2.24) is 13.7 Å². The van der Waals surface area contributed by atoms with Crippen molar-refractivity contribution in [2.24, 2.45) is 0 Å². The monoisotopic (exact) mass is 907 g/mol. The van der Waals surface area contributed by atoms with Crippen molar-refractivity contribution in [2.75, 3.05) is 0 Å². The lowest BCUT2D eigenvalue weighted by molar-refractivity contribution is 1.13. The standard InChI is InChI=1S/C66H45N3Si/c1-5-22-47(23-6-1)67-61-39-18-15-34-58(61)65-53(35-20-40-62(65)67)46-42-43-56-54-32-13-17-38-60(54)69(64(56)44-46)63-41-21-36-57-55-33-14-16-37-59(55)68(66(57)63)48-24-19-31-52(45-48)70(49-25-7-2-8-26-49,50-27-9-3-10-28-50)51-29-11-4-12-30-51/h1-45H. The summed E-state index contributed by atoms with van der Waals surface area (Å²) in [6.07, 6.45) is 0. The molecule has 3 nitrogen and oxygen atoms in total. The van der Waals surface area contributed by atoms with Crippen molar-refractivity contribution < 1.29 is 0 Å². The molecular weight excluding hydrogens is 863 g/mol. The summed E-state index contributed by atoms with van der Waals surface area (Å²) in [4.78, 5) is 0.